The summed E-state index contributed by atoms with van der Waals surface area (Å²) >= 11 is 0. The lowest BCUT2D eigenvalue weighted by molar-refractivity contribution is -0.165. The molecule has 1 fully saturated rings. The standard InChI is InChI=1S/C21H26N2O6/c1-2-3-13-18(24)23(21(27)20(26)22-28)17(15-9-5-4-6-10-15)14-19(25)29-16-11-7-8-12-16/h1,4-6,9-10,16-17,21,27-28H,3,7-8,11-14H2,(H,22,26)/t17?,21-/m1/s1. The van der Waals surface area contributed by atoms with E-state index in [4.69, 9.17) is 16.4 Å². The van der Waals surface area contributed by atoms with Crippen molar-refractivity contribution in [2.75, 3.05) is 0 Å². The first kappa shape index (κ1) is 22.4. The number of aliphatic hydroxyl groups is 1. The van der Waals surface area contributed by atoms with E-state index >= 15 is 0 Å². The number of benzene rings is 1. The van der Waals surface area contributed by atoms with Gasteiger partial charge in [0.25, 0.3) is 5.91 Å². The second-order valence-electron chi connectivity index (χ2n) is 6.88. The minimum atomic E-state index is -2.00. The van der Waals surface area contributed by atoms with E-state index in [-0.39, 0.29) is 25.4 Å². The van der Waals surface area contributed by atoms with Crippen molar-refractivity contribution in [3.05, 3.63) is 35.9 Å². The van der Waals surface area contributed by atoms with E-state index in [0.717, 1.165) is 30.6 Å². The molecule has 1 aliphatic rings. The fourth-order valence-corrected chi connectivity index (χ4v) is 3.42. The summed E-state index contributed by atoms with van der Waals surface area (Å²) in [4.78, 5) is 38.1. The normalized spacial score (nSPS) is 15.8. The Balaban J connectivity index is 2.32. The van der Waals surface area contributed by atoms with Crippen LogP contribution in [0.1, 0.15) is 56.6 Å². The number of ether oxygens (including phenoxy) is 1. The third-order valence-corrected chi connectivity index (χ3v) is 4.86. The van der Waals surface area contributed by atoms with Crippen LogP contribution in [0.15, 0.2) is 30.3 Å². The molecule has 8 nitrogen and oxygen atoms in total. The smallest absolute Gasteiger partial charge is 0.308 e. The van der Waals surface area contributed by atoms with Crippen molar-refractivity contribution >= 4 is 17.8 Å². The van der Waals surface area contributed by atoms with Crippen LogP contribution < -0.4 is 5.48 Å². The molecule has 1 aromatic rings. The Bertz CT molecular complexity index is 739. The summed E-state index contributed by atoms with van der Waals surface area (Å²) in [5.74, 6) is -0.0119. The Labute approximate surface area is 169 Å². The van der Waals surface area contributed by atoms with Crippen molar-refractivity contribution in [2.24, 2.45) is 0 Å². The molecule has 29 heavy (non-hydrogen) atoms. The maximum atomic E-state index is 12.8. The monoisotopic (exact) mass is 402 g/mol. The summed E-state index contributed by atoms with van der Waals surface area (Å²) in [5, 5.41) is 19.3. The lowest BCUT2D eigenvalue weighted by Gasteiger charge is -2.34. The maximum absolute atomic E-state index is 12.8. The van der Waals surface area contributed by atoms with Crippen LogP contribution in [0, 0.1) is 12.3 Å². The zero-order valence-corrected chi connectivity index (χ0v) is 16.1. The third-order valence-electron chi connectivity index (χ3n) is 4.86. The molecule has 0 radical (unpaired) electrons. The largest absolute Gasteiger partial charge is 0.462 e. The second-order valence-corrected chi connectivity index (χ2v) is 6.88. The molecule has 1 aliphatic carbocycles. The van der Waals surface area contributed by atoms with E-state index in [1.54, 1.807) is 30.3 Å². The van der Waals surface area contributed by atoms with Gasteiger partial charge in [0.2, 0.25) is 12.1 Å². The second kappa shape index (κ2) is 11.2. The van der Waals surface area contributed by atoms with Crippen molar-refractivity contribution in [1.29, 1.82) is 0 Å². The molecule has 2 amide bonds. The van der Waals surface area contributed by atoms with Crippen LogP contribution in [-0.2, 0) is 19.1 Å². The lowest BCUT2D eigenvalue weighted by Crippen LogP contribution is -2.51. The van der Waals surface area contributed by atoms with Gasteiger partial charge in [0.1, 0.15) is 6.10 Å². The summed E-state index contributed by atoms with van der Waals surface area (Å²) in [6.45, 7) is 0. The minimum absolute atomic E-state index is 0.0941. The average Bonchev–Trinajstić information content (AvgIpc) is 3.24. The van der Waals surface area contributed by atoms with Gasteiger partial charge in [-0.2, -0.15) is 0 Å². The number of esters is 1. The number of amides is 2. The topological polar surface area (TPSA) is 116 Å². The Morgan fingerprint density at radius 1 is 1.24 bits per heavy atom. The van der Waals surface area contributed by atoms with Gasteiger partial charge in [-0.15, -0.1) is 12.3 Å². The number of carbonyl (C=O) groups is 3. The van der Waals surface area contributed by atoms with Crippen molar-refractivity contribution in [1.82, 2.24) is 10.4 Å². The van der Waals surface area contributed by atoms with Crippen molar-refractivity contribution in [3.8, 4) is 12.3 Å². The Morgan fingerprint density at radius 3 is 2.48 bits per heavy atom. The van der Waals surface area contributed by atoms with E-state index in [0.29, 0.717) is 5.56 Å². The molecule has 3 N–H and O–H groups in total. The Kier molecular flexibility index (Phi) is 8.65. The van der Waals surface area contributed by atoms with Crippen LogP contribution in [0.5, 0.6) is 0 Å². The number of terminal acetylenes is 1. The van der Waals surface area contributed by atoms with Crippen LogP contribution in [0.3, 0.4) is 0 Å². The highest BCUT2D eigenvalue weighted by Gasteiger charge is 2.36. The van der Waals surface area contributed by atoms with Crippen LogP contribution in [0.2, 0.25) is 0 Å². The van der Waals surface area contributed by atoms with Crippen LogP contribution in [-0.4, -0.2) is 45.3 Å². The van der Waals surface area contributed by atoms with Gasteiger partial charge in [-0.05, 0) is 31.2 Å². The Morgan fingerprint density at radius 2 is 1.90 bits per heavy atom. The van der Waals surface area contributed by atoms with Gasteiger partial charge in [0.15, 0.2) is 0 Å². The van der Waals surface area contributed by atoms with Gasteiger partial charge in [-0.3, -0.25) is 19.6 Å². The highest BCUT2D eigenvalue weighted by Crippen LogP contribution is 2.29. The molecule has 1 aromatic carbocycles. The number of hydroxylamine groups is 1. The summed E-state index contributed by atoms with van der Waals surface area (Å²) in [7, 11) is 0. The Hall–Kier alpha value is -2.89. The van der Waals surface area contributed by atoms with Crippen molar-refractivity contribution < 1.29 is 29.4 Å². The third kappa shape index (κ3) is 6.31. The van der Waals surface area contributed by atoms with Gasteiger partial charge in [-0.1, -0.05) is 30.3 Å². The molecule has 0 heterocycles. The van der Waals surface area contributed by atoms with E-state index in [2.05, 4.69) is 5.92 Å². The van der Waals surface area contributed by atoms with Gasteiger partial charge in [0, 0.05) is 12.8 Å². The van der Waals surface area contributed by atoms with E-state index in [1.165, 1.54) is 5.48 Å². The average molecular weight is 402 g/mol. The fourth-order valence-electron chi connectivity index (χ4n) is 3.42. The number of nitrogens with zero attached hydrogens (tertiary/aromatic N) is 1. The highest BCUT2D eigenvalue weighted by atomic mass is 16.5. The van der Waals surface area contributed by atoms with Crippen molar-refractivity contribution in [2.45, 2.75) is 63.3 Å². The molecule has 0 aromatic heterocycles. The summed E-state index contributed by atoms with van der Waals surface area (Å²) in [5.41, 5.74) is 1.87. The quantitative estimate of drug-likeness (QED) is 0.190. The maximum Gasteiger partial charge on any atom is 0.308 e. The molecule has 2 atom stereocenters. The van der Waals surface area contributed by atoms with E-state index in [1.807, 2.05) is 0 Å². The fraction of sp³-hybridized carbons (Fsp3) is 0.476. The molecule has 0 spiro atoms. The molecule has 156 valence electrons. The zero-order chi connectivity index (χ0) is 21.2. The summed E-state index contributed by atoms with van der Waals surface area (Å²) in [6.07, 6.45) is 6.34. The van der Waals surface area contributed by atoms with Crippen LogP contribution >= 0.6 is 0 Å². The van der Waals surface area contributed by atoms with Crippen molar-refractivity contribution in [3.63, 3.8) is 0 Å². The number of aliphatic hydroxyl groups excluding tert-OH is 1. The molecule has 0 bridgehead atoms. The SMILES string of the molecule is C#CCCC(=O)N(C(CC(=O)OC1CCCC1)c1ccccc1)[C@H](O)C(=O)NO. The molecular weight excluding hydrogens is 376 g/mol. The van der Waals surface area contributed by atoms with E-state index < -0.39 is 30.1 Å². The number of hydrogen-bond acceptors (Lipinski definition) is 6. The molecule has 0 saturated heterocycles. The molecule has 1 unspecified atom stereocenters. The number of rotatable bonds is 9. The van der Waals surface area contributed by atoms with Crippen LogP contribution in [0.25, 0.3) is 0 Å². The minimum Gasteiger partial charge on any atom is -0.462 e. The lowest BCUT2D eigenvalue weighted by atomic mass is 10.0. The summed E-state index contributed by atoms with van der Waals surface area (Å²) < 4.78 is 5.50. The first-order chi connectivity index (χ1) is 14.0. The number of nitrogens with one attached hydrogen (secondary N) is 1. The van der Waals surface area contributed by atoms with E-state index in [9.17, 15) is 19.5 Å². The van der Waals surface area contributed by atoms with Gasteiger partial charge >= 0.3 is 5.97 Å². The molecular formula is C21H26N2O6. The highest BCUT2D eigenvalue weighted by molar-refractivity contribution is 5.86. The molecule has 2 rings (SSSR count). The predicted molar refractivity (Wildman–Crippen MR) is 103 cm³/mol. The number of hydrogen-bond donors (Lipinski definition) is 3. The first-order valence-electron chi connectivity index (χ1n) is 9.59. The van der Waals surface area contributed by atoms with Gasteiger partial charge < -0.3 is 14.7 Å². The van der Waals surface area contributed by atoms with Crippen LogP contribution in [0.4, 0.5) is 0 Å². The van der Waals surface area contributed by atoms with Gasteiger partial charge in [0.05, 0.1) is 12.5 Å². The molecule has 1 saturated carbocycles. The molecule has 0 aliphatic heterocycles. The molecule has 8 heteroatoms. The van der Waals surface area contributed by atoms with Gasteiger partial charge in [-0.25, -0.2) is 5.48 Å². The zero-order valence-electron chi connectivity index (χ0n) is 16.1. The summed E-state index contributed by atoms with van der Waals surface area (Å²) in [6, 6.07) is 7.58. The predicted octanol–water partition coefficient (Wildman–Crippen LogP) is 1.67. The first-order valence-corrected chi connectivity index (χ1v) is 9.59. The number of carbonyl (C=O) groups excluding carboxylic acids is 3.